The second-order valence-corrected chi connectivity index (χ2v) is 7.70. The molecule has 3 rings (SSSR count). The molecule has 0 N–H and O–H groups in total. The predicted octanol–water partition coefficient (Wildman–Crippen LogP) is 2.59. The van der Waals surface area contributed by atoms with Gasteiger partial charge in [-0.25, -0.2) is 9.97 Å². The zero-order valence-electron chi connectivity index (χ0n) is 18.6. The summed E-state index contributed by atoms with van der Waals surface area (Å²) >= 11 is 0. The Morgan fingerprint density at radius 1 is 1.22 bits per heavy atom. The lowest BCUT2D eigenvalue weighted by Gasteiger charge is -2.33. The van der Waals surface area contributed by atoms with Crippen LogP contribution in [0, 0.1) is 17.2 Å². The molecular weight excluding hydrogens is 412 g/mol. The summed E-state index contributed by atoms with van der Waals surface area (Å²) in [6.07, 6.45) is 0.694. The Bertz CT molecular complexity index is 998. The van der Waals surface area contributed by atoms with Gasteiger partial charge in [0.15, 0.2) is 11.7 Å². The summed E-state index contributed by atoms with van der Waals surface area (Å²) in [4.78, 5) is 36.2. The van der Waals surface area contributed by atoms with E-state index in [4.69, 9.17) is 19.2 Å². The van der Waals surface area contributed by atoms with Crippen LogP contribution in [0.2, 0.25) is 0 Å². The topological polar surface area (TPSA) is 115 Å². The van der Waals surface area contributed by atoms with Crippen LogP contribution in [0.3, 0.4) is 0 Å². The van der Waals surface area contributed by atoms with E-state index in [9.17, 15) is 14.9 Å². The van der Waals surface area contributed by atoms with E-state index in [2.05, 4.69) is 4.98 Å². The maximum Gasteiger partial charge on any atom is 0.330 e. The van der Waals surface area contributed by atoms with Crippen molar-refractivity contribution in [1.82, 2.24) is 9.97 Å². The fraction of sp³-hybridized carbons (Fsp3) is 0.522. The highest BCUT2D eigenvalue weighted by Crippen LogP contribution is 2.31. The number of esters is 2. The van der Waals surface area contributed by atoms with Gasteiger partial charge < -0.3 is 19.1 Å². The highest BCUT2D eigenvalue weighted by molar-refractivity contribution is 5.85. The molecule has 1 aliphatic heterocycles. The van der Waals surface area contributed by atoms with Gasteiger partial charge in [0, 0.05) is 20.2 Å². The first kappa shape index (κ1) is 23.4. The lowest BCUT2D eigenvalue weighted by molar-refractivity contribution is -0.151. The molecule has 0 radical (unpaired) electrons. The van der Waals surface area contributed by atoms with Crippen molar-refractivity contribution in [3.63, 3.8) is 0 Å². The molecule has 0 spiro atoms. The van der Waals surface area contributed by atoms with Crippen molar-refractivity contribution < 1.29 is 23.8 Å². The van der Waals surface area contributed by atoms with Gasteiger partial charge >= 0.3 is 11.9 Å². The number of carbonyl (C=O) groups is 2. The Kier molecular flexibility index (Phi) is 7.95. The fourth-order valence-corrected chi connectivity index (χ4v) is 3.78. The number of para-hydroxylation sites is 2. The predicted molar refractivity (Wildman–Crippen MR) is 117 cm³/mol. The van der Waals surface area contributed by atoms with Crippen molar-refractivity contribution in [2.45, 2.75) is 38.7 Å². The van der Waals surface area contributed by atoms with E-state index < -0.39 is 18.0 Å². The number of anilines is 1. The molecule has 9 heteroatoms. The van der Waals surface area contributed by atoms with Crippen LogP contribution in [0.4, 0.5) is 5.82 Å². The van der Waals surface area contributed by atoms with E-state index in [1.54, 1.807) is 19.9 Å². The van der Waals surface area contributed by atoms with Crippen molar-refractivity contribution in [2.24, 2.45) is 5.92 Å². The van der Waals surface area contributed by atoms with E-state index in [1.165, 1.54) is 7.11 Å². The molecule has 1 aromatic carbocycles. The van der Waals surface area contributed by atoms with Gasteiger partial charge in [-0.2, -0.15) is 5.26 Å². The Labute approximate surface area is 187 Å². The number of piperidine rings is 1. The number of fused-ring (bicyclic) bond motifs is 1. The molecule has 0 unspecified atom stereocenters. The Morgan fingerprint density at radius 2 is 1.88 bits per heavy atom. The number of nitrogens with zero attached hydrogens (tertiary/aromatic N) is 4. The summed E-state index contributed by atoms with van der Waals surface area (Å²) in [6.45, 7) is 5.14. The number of rotatable bonds is 8. The molecule has 1 fully saturated rings. The molecular formula is C23H28N4O5. The number of nitriles is 1. The molecule has 0 saturated carbocycles. The molecule has 2 heterocycles. The van der Waals surface area contributed by atoms with Gasteiger partial charge in [-0.1, -0.05) is 12.1 Å². The summed E-state index contributed by atoms with van der Waals surface area (Å²) in [7, 11) is 1.51. The molecule has 32 heavy (non-hydrogen) atoms. The average Bonchev–Trinajstić information content (AvgIpc) is 2.79. The molecule has 0 amide bonds. The number of carbonyl (C=O) groups excluding carboxylic acids is 2. The van der Waals surface area contributed by atoms with Crippen LogP contribution in [0.5, 0.6) is 0 Å². The van der Waals surface area contributed by atoms with Gasteiger partial charge in [0.25, 0.3) is 0 Å². The van der Waals surface area contributed by atoms with Gasteiger partial charge in [0.2, 0.25) is 0 Å². The Balaban J connectivity index is 1.92. The molecule has 170 valence electrons. The molecule has 1 aliphatic rings. The number of methoxy groups -OCH3 is 1. The first-order valence-electron chi connectivity index (χ1n) is 10.8. The van der Waals surface area contributed by atoms with Gasteiger partial charge in [-0.05, 0) is 38.8 Å². The zero-order chi connectivity index (χ0) is 23.1. The summed E-state index contributed by atoms with van der Waals surface area (Å²) < 4.78 is 15.6. The van der Waals surface area contributed by atoms with Crippen molar-refractivity contribution in [1.29, 1.82) is 5.26 Å². The minimum absolute atomic E-state index is 0.172. The molecule has 2 aromatic rings. The molecule has 1 saturated heterocycles. The van der Waals surface area contributed by atoms with E-state index in [1.807, 2.05) is 29.2 Å². The number of aromatic nitrogens is 2. The quantitative estimate of drug-likeness (QED) is 0.571. The largest absolute Gasteiger partial charge is 0.466 e. The van der Waals surface area contributed by atoms with Gasteiger partial charge in [0.05, 0.1) is 36.2 Å². The third kappa shape index (κ3) is 5.32. The smallest absolute Gasteiger partial charge is 0.330 e. The molecule has 0 bridgehead atoms. The van der Waals surface area contributed by atoms with Gasteiger partial charge in [-0.3, -0.25) is 9.59 Å². The standard InChI is InChI=1S/C23H28N4O5/c1-4-31-22(28)16-9-11-27(12-10-16)21-20(25-18-7-5-6-8-19(18)26-21)17(13-24)23(29)32-15(2)14-30-3/h5-8,15-17H,4,9-12,14H2,1-3H3/t15-,17-/m1/s1. The minimum atomic E-state index is -1.23. The minimum Gasteiger partial charge on any atom is -0.466 e. The van der Waals surface area contributed by atoms with E-state index in [0.29, 0.717) is 49.4 Å². The van der Waals surface area contributed by atoms with E-state index in [-0.39, 0.29) is 24.2 Å². The van der Waals surface area contributed by atoms with Crippen molar-refractivity contribution in [2.75, 3.05) is 38.3 Å². The summed E-state index contributed by atoms with van der Waals surface area (Å²) in [6, 6.07) is 9.34. The lowest BCUT2D eigenvalue weighted by atomic mass is 9.96. The second kappa shape index (κ2) is 10.9. The van der Waals surface area contributed by atoms with Gasteiger partial charge in [-0.15, -0.1) is 0 Å². The van der Waals surface area contributed by atoms with Crippen LogP contribution in [0.25, 0.3) is 11.0 Å². The fourth-order valence-electron chi connectivity index (χ4n) is 3.78. The van der Waals surface area contributed by atoms with Crippen molar-refractivity contribution in [3.8, 4) is 6.07 Å². The monoisotopic (exact) mass is 440 g/mol. The first-order valence-corrected chi connectivity index (χ1v) is 10.8. The summed E-state index contributed by atoms with van der Waals surface area (Å²) in [5, 5.41) is 9.83. The SMILES string of the molecule is CCOC(=O)C1CCN(c2nc3ccccc3nc2[C@@H](C#N)C(=O)O[C@H](C)COC)CC1. The van der Waals surface area contributed by atoms with Crippen LogP contribution >= 0.6 is 0 Å². The van der Waals surface area contributed by atoms with E-state index in [0.717, 1.165) is 0 Å². The number of ether oxygens (including phenoxy) is 3. The van der Waals surface area contributed by atoms with Crippen LogP contribution < -0.4 is 4.90 Å². The van der Waals surface area contributed by atoms with Crippen LogP contribution in [0.15, 0.2) is 24.3 Å². The number of hydrogen-bond acceptors (Lipinski definition) is 9. The van der Waals surface area contributed by atoms with E-state index >= 15 is 0 Å². The molecule has 9 nitrogen and oxygen atoms in total. The van der Waals surface area contributed by atoms with Crippen LogP contribution in [0.1, 0.15) is 38.3 Å². The number of benzene rings is 1. The summed E-state index contributed by atoms with van der Waals surface area (Å²) in [5.74, 6) is -1.82. The van der Waals surface area contributed by atoms with Gasteiger partial charge in [0.1, 0.15) is 11.8 Å². The number of hydrogen-bond donors (Lipinski definition) is 0. The molecule has 1 aromatic heterocycles. The lowest BCUT2D eigenvalue weighted by Crippen LogP contribution is -2.38. The van der Waals surface area contributed by atoms with Crippen LogP contribution in [-0.2, 0) is 23.8 Å². The van der Waals surface area contributed by atoms with Crippen molar-refractivity contribution >= 4 is 28.8 Å². The second-order valence-electron chi connectivity index (χ2n) is 7.70. The third-order valence-corrected chi connectivity index (χ3v) is 5.35. The normalized spacial score (nSPS) is 16.2. The molecule has 2 atom stereocenters. The highest BCUT2D eigenvalue weighted by atomic mass is 16.6. The maximum absolute atomic E-state index is 12.8. The summed E-state index contributed by atoms with van der Waals surface area (Å²) in [5.41, 5.74) is 1.51. The first-order chi connectivity index (χ1) is 15.5. The average molecular weight is 441 g/mol. The highest BCUT2D eigenvalue weighted by Gasteiger charge is 2.33. The van der Waals surface area contributed by atoms with Crippen molar-refractivity contribution in [3.05, 3.63) is 30.0 Å². The molecule has 0 aliphatic carbocycles. The Hall–Kier alpha value is -3.25. The maximum atomic E-state index is 12.8. The zero-order valence-corrected chi connectivity index (χ0v) is 18.6. The third-order valence-electron chi connectivity index (χ3n) is 5.35. The van der Waals surface area contributed by atoms with Crippen LogP contribution in [-0.4, -0.2) is 61.4 Å². The Morgan fingerprint density at radius 3 is 2.47 bits per heavy atom.